The Balaban J connectivity index is 2.34. The number of hydrogen-bond acceptors (Lipinski definition) is 5. The van der Waals surface area contributed by atoms with Crippen molar-refractivity contribution < 1.29 is 9.66 Å². The molecule has 0 bridgehead atoms. The van der Waals surface area contributed by atoms with Crippen LogP contribution in [0.2, 0.25) is 0 Å². The molecule has 1 saturated carbocycles. The van der Waals surface area contributed by atoms with E-state index in [0.29, 0.717) is 11.6 Å². The lowest BCUT2D eigenvalue weighted by Crippen LogP contribution is -2.43. The van der Waals surface area contributed by atoms with Crippen LogP contribution in [0.3, 0.4) is 0 Å². The van der Waals surface area contributed by atoms with Gasteiger partial charge in [0.2, 0.25) is 0 Å². The molecule has 1 N–H and O–H groups in total. The van der Waals surface area contributed by atoms with Crippen LogP contribution in [-0.4, -0.2) is 33.9 Å². The number of nitro groups is 1. The zero-order chi connectivity index (χ0) is 15.6. The summed E-state index contributed by atoms with van der Waals surface area (Å²) in [5, 5.41) is 18.9. The summed E-state index contributed by atoms with van der Waals surface area (Å²) in [6.45, 7) is 5.54. The third kappa shape index (κ3) is 3.18. The number of ether oxygens (including phenoxy) is 1. The Hall–Kier alpha value is -1.63. The Kier molecular flexibility index (Phi) is 4.82. The van der Waals surface area contributed by atoms with Gasteiger partial charge < -0.3 is 10.1 Å². The van der Waals surface area contributed by atoms with Gasteiger partial charge >= 0.3 is 5.69 Å². The lowest BCUT2D eigenvalue weighted by molar-refractivity contribution is -0.386. The number of nitrogens with zero attached hydrogens (tertiary/aromatic N) is 3. The van der Waals surface area contributed by atoms with E-state index in [2.05, 4.69) is 10.4 Å². The largest absolute Gasteiger partial charge is 0.468 e. The van der Waals surface area contributed by atoms with Crippen LogP contribution in [0, 0.1) is 17.0 Å². The maximum Gasteiger partial charge on any atom is 0.353 e. The molecule has 1 fully saturated rings. The molecule has 1 aliphatic rings. The first-order valence-electron chi connectivity index (χ1n) is 7.53. The molecule has 1 aliphatic carbocycles. The van der Waals surface area contributed by atoms with Gasteiger partial charge in [-0.3, -0.25) is 10.1 Å². The number of nitrogens with one attached hydrogen (secondary N) is 1. The highest BCUT2D eigenvalue weighted by atomic mass is 16.6. The first kappa shape index (κ1) is 15.8. The highest BCUT2D eigenvalue weighted by Gasteiger charge is 2.33. The molecule has 0 aliphatic heterocycles. The number of likely N-dealkylation sites (N-methyl/N-ethyl adjacent to an activating group) is 1. The molecule has 0 saturated heterocycles. The summed E-state index contributed by atoms with van der Waals surface area (Å²) < 4.78 is 7.68. The van der Waals surface area contributed by atoms with Crippen LogP contribution < -0.4 is 10.1 Å². The molecule has 1 aromatic heterocycles. The van der Waals surface area contributed by atoms with E-state index in [0.717, 1.165) is 25.7 Å². The normalized spacial score (nSPS) is 22.5. The third-order valence-corrected chi connectivity index (χ3v) is 4.02. The molecule has 1 heterocycles. The van der Waals surface area contributed by atoms with E-state index in [4.69, 9.17) is 4.74 Å². The van der Waals surface area contributed by atoms with Gasteiger partial charge in [-0.15, -0.1) is 0 Å². The zero-order valence-corrected chi connectivity index (χ0v) is 13.1. The molecule has 0 spiro atoms. The van der Waals surface area contributed by atoms with Crippen LogP contribution in [0.15, 0.2) is 0 Å². The summed E-state index contributed by atoms with van der Waals surface area (Å²) in [6.07, 6.45) is 4.15. The van der Waals surface area contributed by atoms with Crippen LogP contribution in [0.4, 0.5) is 5.69 Å². The molecule has 7 heteroatoms. The van der Waals surface area contributed by atoms with Crippen molar-refractivity contribution in [3.8, 4) is 5.88 Å². The zero-order valence-electron chi connectivity index (χ0n) is 13.1. The van der Waals surface area contributed by atoms with E-state index in [9.17, 15) is 10.1 Å². The Bertz CT molecular complexity index is 513. The van der Waals surface area contributed by atoms with Crippen LogP contribution in [-0.2, 0) is 0 Å². The van der Waals surface area contributed by atoms with E-state index in [1.807, 2.05) is 20.9 Å². The molecule has 118 valence electrons. The van der Waals surface area contributed by atoms with Gasteiger partial charge in [0.25, 0.3) is 5.88 Å². The van der Waals surface area contributed by atoms with Crippen molar-refractivity contribution >= 4 is 5.69 Å². The number of hydrogen-bond donors (Lipinski definition) is 1. The average Bonchev–Trinajstić information content (AvgIpc) is 2.76. The van der Waals surface area contributed by atoms with E-state index >= 15 is 0 Å². The van der Waals surface area contributed by atoms with Crippen molar-refractivity contribution in [1.29, 1.82) is 0 Å². The summed E-state index contributed by atoms with van der Waals surface area (Å²) in [4.78, 5) is 10.9. The fraction of sp³-hybridized carbons (Fsp3) is 0.786. The highest BCUT2D eigenvalue weighted by molar-refractivity contribution is 5.46. The van der Waals surface area contributed by atoms with Crippen LogP contribution in [0.5, 0.6) is 5.88 Å². The smallest absolute Gasteiger partial charge is 0.353 e. The summed E-state index contributed by atoms with van der Waals surface area (Å²) in [6, 6.07) is 0.248. The number of rotatable bonds is 5. The molecule has 0 amide bonds. The maximum absolute atomic E-state index is 11.3. The Morgan fingerprint density at radius 1 is 1.43 bits per heavy atom. The Morgan fingerprint density at radius 2 is 2.10 bits per heavy atom. The maximum atomic E-state index is 11.3. The highest BCUT2D eigenvalue weighted by Crippen LogP contribution is 2.35. The van der Waals surface area contributed by atoms with Crippen molar-refractivity contribution in [3.63, 3.8) is 0 Å². The molecule has 2 unspecified atom stereocenters. The van der Waals surface area contributed by atoms with E-state index in [-0.39, 0.29) is 23.9 Å². The van der Waals surface area contributed by atoms with E-state index in [1.54, 1.807) is 11.6 Å². The molecule has 0 aromatic carbocycles. The summed E-state index contributed by atoms with van der Waals surface area (Å²) >= 11 is 0. The first-order valence-corrected chi connectivity index (χ1v) is 7.53. The lowest BCUT2D eigenvalue weighted by Gasteiger charge is -2.31. The van der Waals surface area contributed by atoms with E-state index < -0.39 is 4.92 Å². The second-order valence-corrected chi connectivity index (χ2v) is 5.87. The van der Waals surface area contributed by atoms with Crippen molar-refractivity contribution in [2.75, 3.05) is 7.05 Å². The fourth-order valence-electron chi connectivity index (χ4n) is 2.90. The topological polar surface area (TPSA) is 82.2 Å². The monoisotopic (exact) mass is 296 g/mol. The predicted octanol–water partition coefficient (Wildman–Crippen LogP) is 2.59. The van der Waals surface area contributed by atoms with Crippen LogP contribution >= 0.6 is 0 Å². The van der Waals surface area contributed by atoms with Gasteiger partial charge in [-0.1, -0.05) is 6.42 Å². The lowest BCUT2D eigenvalue weighted by atomic mass is 9.92. The van der Waals surface area contributed by atoms with Crippen molar-refractivity contribution in [2.24, 2.45) is 0 Å². The SMILES string of the molecule is CNC1CCCCC1Oc1c([N+](=O)[O-])c(C)nn1C(C)C. The van der Waals surface area contributed by atoms with Gasteiger partial charge in [-0.2, -0.15) is 5.10 Å². The molecule has 2 rings (SSSR count). The third-order valence-electron chi connectivity index (χ3n) is 4.02. The van der Waals surface area contributed by atoms with Crippen molar-refractivity contribution in [3.05, 3.63) is 15.8 Å². The summed E-state index contributed by atoms with van der Waals surface area (Å²) in [5.41, 5.74) is 0.393. The average molecular weight is 296 g/mol. The van der Waals surface area contributed by atoms with Gasteiger partial charge in [-0.25, -0.2) is 4.68 Å². The predicted molar refractivity (Wildman–Crippen MR) is 79.7 cm³/mol. The van der Waals surface area contributed by atoms with Crippen LogP contribution in [0.25, 0.3) is 0 Å². The first-order chi connectivity index (χ1) is 9.95. The summed E-state index contributed by atoms with van der Waals surface area (Å²) in [5.74, 6) is 0.291. The van der Waals surface area contributed by atoms with E-state index in [1.165, 1.54) is 0 Å². The number of aromatic nitrogens is 2. The fourth-order valence-corrected chi connectivity index (χ4v) is 2.90. The van der Waals surface area contributed by atoms with Gasteiger partial charge in [0, 0.05) is 6.04 Å². The minimum atomic E-state index is -0.395. The standard InChI is InChI=1S/C14H24N4O3/c1-9(2)17-14(13(18(19)20)10(3)16-17)21-12-8-6-5-7-11(12)15-4/h9,11-12,15H,5-8H2,1-4H3. The Labute approximate surface area is 124 Å². The quantitative estimate of drug-likeness (QED) is 0.667. The molecule has 21 heavy (non-hydrogen) atoms. The second-order valence-electron chi connectivity index (χ2n) is 5.87. The molecule has 0 radical (unpaired) electrons. The molecule has 2 atom stereocenters. The molecule has 1 aromatic rings. The van der Waals surface area contributed by atoms with Gasteiger partial charge in [0.05, 0.1) is 11.0 Å². The van der Waals surface area contributed by atoms with Crippen molar-refractivity contribution in [2.45, 2.75) is 64.6 Å². The number of aryl methyl sites for hydroxylation is 1. The molecule has 7 nitrogen and oxygen atoms in total. The molecular formula is C14H24N4O3. The molecular weight excluding hydrogens is 272 g/mol. The minimum absolute atomic E-state index is 0.0101. The van der Waals surface area contributed by atoms with Gasteiger partial charge in [0.15, 0.2) is 0 Å². The summed E-state index contributed by atoms with van der Waals surface area (Å²) in [7, 11) is 1.91. The minimum Gasteiger partial charge on any atom is -0.468 e. The van der Waals surface area contributed by atoms with Gasteiger partial charge in [0.1, 0.15) is 11.8 Å². The Morgan fingerprint density at radius 3 is 2.67 bits per heavy atom. The second kappa shape index (κ2) is 6.43. The van der Waals surface area contributed by atoms with Gasteiger partial charge in [-0.05, 0) is 47.1 Å². The van der Waals surface area contributed by atoms with Crippen molar-refractivity contribution in [1.82, 2.24) is 15.1 Å². The van der Waals surface area contributed by atoms with Crippen LogP contribution in [0.1, 0.15) is 51.3 Å².